The van der Waals surface area contributed by atoms with Crippen LogP contribution in [0.15, 0.2) is 12.3 Å². The molecule has 0 aromatic rings. The van der Waals surface area contributed by atoms with E-state index in [1.54, 1.807) is 0 Å². The molecule has 0 aromatic heterocycles. The van der Waals surface area contributed by atoms with Gasteiger partial charge >= 0.3 is 0 Å². The summed E-state index contributed by atoms with van der Waals surface area (Å²) in [6, 6.07) is 0. The number of allylic oxidation sites excluding steroid dienone is 1. The highest BCUT2D eigenvalue weighted by molar-refractivity contribution is 4.96. The van der Waals surface area contributed by atoms with Crippen molar-refractivity contribution in [2.24, 2.45) is 0 Å². The van der Waals surface area contributed by atoms with Crippen molar-refractivity contribution in [3.63, 3.8) is 0 Å². The molecule has 1 aliphatic rings. The maximum atomic E-state index is 3.99. The van der Waals surface area contributed by atoms with Crippen molar-refractivity contribution in [1.29, 1.82) is 0 Å². The summed E-state index contributed by atoms with van der Waals surface area (Å²) in [6.07, 6.45) is 3.78. The molecule has 0 N–H and O–H groups in total. The van der Waals surface area contributed by atoms with E-state index < -0.39 is 0 Å². The smallest absolute Gasteiger partial charge is 0.0191 e. The molecule has 1 heterocycles. The van der Waals surface area contributed by atoms with E-state index in [-0.39, 0.29) is 0 Å². The molecule has 9 heavy (non-hydrogen) atoms. The molecule has 1 saturated heterocycles. The summed E-state index contributed by atoms with van der Waals surface area (Å²) >= 11 is 0. The summed E-state index contributed by atoms with van der Waals surface area (Å²) in [4.78, 5) is 2.36. The fraction of sp³-hybridized carbons (Fsp3) is 0.750. The molecule has 1 heteroatoms. The van der Waals surface area contributed by atoms with Gasteiger partial charge in [0.2, 0.25) is 0 Å². The average Bonchev–Trinajstić information content (AvgIpc) is 1.60. The van der Waals surface area contributed by atoms with Crippen LogP contribution >= 0.6 is 0 Å². The Morgan fingerprint density at radius 3 is 2.56 bits per heavy atom. The molecule has 0 unspecified atom stereocenters. The van der Waals surface area contributed by atoms with E-state index in [0.29, 0.717) is 0 Å². The predicted octanol–water partition coefficient (Wildman–Crippen LogP) is 2.01. The Kier molecular flexibility index (Phi) is 2.15. The van der Waals surface area contributed by atoms with Gasteiger partial charge in [0.05, 0.1) is 0 Å². The Hall–Kier alpha value is -0.460. The van der Waals surface area contributed by atoms with Crippen molar-refractivity contribution in [3.8, 4) is 0 Å². The maximum absolute atomic E-state index is 3.99. The highest BCUT2D eigenvalue weighted by Gasteiger charge is 2.13. The highest BCUT2D eigenvalue weighted by Crippen LogP contribution is 2.16. The largest absolute Gasteiger partial charge is 0.375 e. The molecule has 0 spiro atoms. The number of nitrogens with zero attached hydrogens (tertiary/aromatic N) is 1. The van der Waals surface area contributed by atoms with Gasteiger partial charge in [0.15, 0.2) is 0 Å². The van der Waals surface area contributed by atoms with E-state index in [9.17, 15) is 0 Å². The van der Waals surface area contributed by atoms with Gasteiger partial charge in [-0.25, -0.2) is 0 Å². The molecule has 1 rings (SSSR count). The molecule has 1 fully saturated rings. The van der Waals surface area contributed by atoms with Crippen molar-refractivity contribution >= 4 is 0 Å². The van der Waals surface area contributed by atoms with Crippen molar-refractivity contribution < 1.29 is 0 Å². The summed E-state index contributed by atoms with van der Waals surface area (Å²) < 4.78 is 0. The Morgan fingerprint density at radius 2 is 2.22 bits per heavy atom. The highest BCUT2D eigenvalue weighted by atomic mass is 15.2. The van der Waals surface area contributed by atoms with Gasteiger partial charge in [-0.15, -0.1) is 0 Å². The van der Waals surface area contributed by atoms with Crippen LogP contribution in [0.2, 0.25) is 0 Å². The summed E-state index contributed by atoms with van der Waals surface area (Å²) in [6.45, 7) is 8.69. The van der Waals surface area contributed by atoms with Crippen molar-refractivity contribution in [2.75, 3.05) is 13.1 Å². The first kappa shape index (κ1) is 6.66. The van der Waals surface area contributed by atoms with Gasteiger partial charge < -0.3 is 4.90 Å². The van der Waals surface area contributed by atoms with Crippen LogP contribution in [0.5, 0.6) is 0 Å². The predicted molar refractivity (Wildman–Crippen MR) is 40.2 cm³/mol. The number of hydrogen-bond acceptors (Lipinski definition) is 1. The number of likely N-dealkylation sites (tertiary alicyclic amines) is 1. The average molecular weight is 125 g/mol. The summed E-state index contributed by atoms with van der Waals surface area (Å²) in [5.41, 5.74) is 1.34. The van der Waals surface area contributed by atoms with Gasteiger partial charge in [0.1, 0.15) is 0 Å². The standard InChI is InChI=1S/C8H15N/c1-3-5-8(2)9-6-4-7-9/h2-7H2,1H3. The van der Waals surface area contributed by atoms with E-state index in [4.69, 9.17) is 0 Å². The Bertz CT molecular complexity index is 103. The molecule has 1 nitrogen and oxygen atoms in total. The number of hydrogen-bond donors (Lipinski definition) is 0. The van der Waals surface area contributed by atoms with Crippen molar-refractivity contribution in [3.05, 3.63) is 12.3 Å². The molecule has 0 amide bonds. The van der Waals surface area contributed by atoms with Crippen LogP contribution in [-0.4, -0.2) is 18.0 Å². The molecule has 1 aliphatic heterocycles. The summed E-state index contributed by atoms with van der Waals surface area (Å²) in [7, 11) is 0. The second kappa shape index (κ2) is 2.90. The lowest BCUT2D eigenvalue weighted by Gasteiger charge is -2.34. The van der Waals surface area contributed by atoms with Crippen LogP contribution in [-0.2, 0) is 0 Å². The second-order valence-electron chi connectivity index (χ2n) is 2.66. The molecular formula is C8H15N. The third kappa shape index (κ3) is 1.47. The van der Waals surface area contributed by atoms with Gasteiger partial charge in [0.25, 0.3) is 0 Å². The Balaban J connectivity index is 2.16. The quantitative estimate of drug-likeness (QED) is 0.557. The monoisotopic (exact) mass is 125 g/mol. The third-order valence-corrected chi connectivity index (χ3v) is 1.84. The molecular weight excluding hydrogens is 110 g/mol. The van der Waals surface area contributed by atoms with Crippen LogP contribution in [0.3, 0.4) is 0 Å². The first-order chi connectivity index (χ1) is 4.34. The van der Waals surface area contributed by atoms with Gasteiger partial charge in [-0.3, -0.25) is 0 Å². The molecule has 0 aliphatic carbocycles. The zero-order valence-corrected chi connectivity index (χ0v) is 6.19. The molecule has 0 radical (unpaired) electrons. The van der Waals surface area contributed by atoms with Crippen molar-refractivity contribution in [1.82, 2.24) is 4.90 Å². The van der Waals surface area contributed by atoms with Gasteiger partial charge in [-0.05, 0) is 12.8 Å². The van der Waals surface area contributed by atoms with Crippen LogP contribution in [0.25, 0.3) is 0 Å². The molecule has 0 saturated carbocycles. The minimum atomic E-state index is 1.18. The van der Waals surface area contributed by atoms with Crippen molar-refractivity contribution in [2.45, 2.75) is 26.2 Å². The first-order valence-electron chi connectivity index (χ1n) is 3.77. The zero-order chi connectivity index (χ0) is 6.69. The van der Waals surface area contributed by atoms with E-state index in [1.165, 1.54) is 38.0 Å². The van der Waals surface area contributed by atoms with Crippen LogP contribution in [0.1, 0.15) is 26.2 Å². The fourth-order valence-electron chi connectivity index (χ4n) is 1.08. The van der Waals surface area contributed by atoms with E-state index >= 15 is 0 Å². The number of rotatable bonds is 3. The second-order valence-corrected chi connectivity index (χ2v) is 2.66. The summed E-state index contributed by atoms with van der Waals surface area (Å²) in [5, 5.41) is 0. The first-order valence-corrected chi connectivity index (χ1v) is 3.77. The zero-order valence-electron chi connectivity index (χ0n) is 6.19. The topological polar surface area (TPSA) is 3.24 Å². The van der Waals surface area contributed by atoms with Gasteiger partial charge in [0, 0.05) is 18.8 Å². The lowest BCUT2D eigenvalue weighted by molar-refractivity contribution is 0.231. The summed E-state index contributed by atoms with van der Waals surface area (Å²) in [5.74, 6) is 0. The van der Waals surface area contributed by atoms with Crippen LogP contribution in [0.4, 0.5) is 0 Å². The van der Waals surface area contributed by atoms with E-state index in [2.05, 4.69) is 18.4 Å². The third-order valence-electron chi connectivity index (χ3n) is 1.84. The minimum Gasteiger partial charge on any atom is -0.375 e. The van der Waals surface area contributed by atoms with Gasteiger partial charge in [-0.1, -0.05) is 19.9 Å². The SMILES string of the molecule is C=C(CCC)N1CCC1. The van der Waals surface area contributed by atoms with Crippen LogP contribution in [0, 0.1) is 0 Å². The lowest BCUT2D eigenvalue weighted by atomic mass is 10.1. The lowest BCUT2D eigenvalue weighted by Crippen LogP contribution is -2.35. The van der Waals surface area contributed by atoms with Gasteiger partial charge in [-0.2, -0.15) is 0 Å². The Morgan fingerprint density at radius 1 is 1.56 bits per heavy atom. The molecule has 0 bridgehead atoms. The molecule has 52 valence electrons. The minimum absolute atomic E-state index is 1.18. The maximum Gasteiger partial charge on any atom is 0.0191 e. The molecule has 0 aromatic carbocycles. The van der Waals surface area contributed by atoms with E-state index in [1.807, 2.05) is 0 Å². The Labute approximate surface area is 57.4 Å². The van der Waals surface area contributed by atoms with E-state index in [0.717, 1.165) is 0 Å². The molecule has 0 atom stereocenters. The fourth-order valence-corrected chi connectivity index (χ4v) is 1.08. The van der Waals surface area contributed by atoms with Crippen LogP contribution < -0.4 is 0 Å². The normalized spacial score (nSPS) is 17.2.